The lowest BCUT2D eigenvalue weighted by Crippen LogP contribution is -2.51. The van der Waals surface area contributed by atoms with Crippen molar-refractivity contribution in [2.45, 2.75) is 0 Å². The summed E-state index contributed by atoms with van der Waals surface area (Å²) in [7, 11) is 0. The van der Waals surface area contributed by atoms with Gasteiger partial charge in [0.05, 0.1) is 4.47 Å². The number of urea groups is 1. The first-order chi connectivity index (χ1) is 10.1. The number of benzene rings is 1. The number of carbonyl (C=O) groups is 3. The Kier molecular flexibility index (Phi) is 3.38. The highest BCUT2D eigenvalue weighted by Crippen LogP contribution is 2.40. The van der Waals surface area contributed by atoms with Crippen LogP contribution in [0.4, 0.5) is 4.79 Å². The molecule has 2 aliphatic rings. The minimum Gasteiger partial charge on any atom is -0.486 e. The molecule has 8 heteroatoms. The number of hydrogen-bond acceptors (Lipinski definition) is 5. The molecular weight excluding hydrogens is 344 g/mol. The van der Waals surface area contributed by atoms with Crippen LogP contribution in [-0.4, -0.2) is 31.1 Å². The Labute approximate surface area is 127 Å². The average Bonchev–Trinajstić information content (AvgIpc) is 2.45. The number of carbonyl (C=O) groups excluding carboxylic acids is 3. The minimum atomic E-state index is -0.830. The van der Waals surface area contributed by atoms with Crippen molar-refractivity contribution >= 4 is 39.9 Å². The summed E-state index contributed by atoms with van der Waals surface area (Å²) in [6.07, 6.45) is 1.37. The van der Waals surface area contributed by atoms with Gasteiger partial charge in [-0.1, -0.05) is 0 Å². The van der Waals surface area contributed by atoms with Gasteiger partial charge in [0.2, 0.25) is 0 Å². The van der Waals surface area contributed by atoms with E-state index in [9.17, 15) is 14.4 Å². The van der Waals surface area contributed by atoms with Gasteiger partial charge < -0.3 is 9.47 Å². The van der Waals surface area contributed by atoms with E-state index < -0.39 is 17.8 Å². The maximum absolute atomic E-state index is 11.7. The molecule has 108 valence electrons. The zero-order valence-corrected chi connectivity index (χ0v) is 12.2. The van der Waals surface area contributed by atoms with Crippen LogP contribution >= 0.6 is 15.9 Å². The van der Waals surface area contributed by atoms with Gasteiger partial charge in [-0.25, -0.2) is 4.79 Å². The van der Waals surface area contributed by atoms with Crippen LogP contribution in [0.1, 0.15) is 5.56 Å². The van der Waals surface area contributed by atoms with Gasteiger partial charge in [-0.2, -0.15) is 0 Å². The van der Waals surface area contributed by atoms with Crippen LogP contribution < -0.4 is 20.1 Å². The molecule has 0 atom stereocenters. The molecule has 21 heavy (non-hydrogen) atoms. The first-order valence-corrected chi connectivity index (χ1v) is 6.82. The Morgan fingerprint density at radius 1 is 1.05 bits per heavy atom. The molecule has 0 saturated carbocycles. The normalized spacial score (nSPS) is 17.2. The molecule has 0 radical (unpaired) electrons. The van der Waals surface area contributed by atoms with E-state index in [-0.39, 0.29) is 5.57 Å². The number of imide groups is 2. The fraction of sp³-hybridized carbons (Fsp3) is 0.154. The van der Waals surface area contributed by atoms with Gasteiger partial charge in [0.1, 0.15) is 18.8 Å². The second-order valence-corrected chi connectivity index (χ2v) is 5.08. The fourth-order valence-electron chi connectivity index (χ4n) is 1.97. The van der Waals surface area contributed by atoms with Crippen molar-refractivity contribution in [3.63, 3.8) is 0 Å². The third-order valence-electron chi connectivity index (χ3n) is 2.92. The maximum Gasteiger partial charge on any atom is 0.328 e. The Bertz CT molecular complexity index is 676. The van der Waals surface area contributed by atoms with Crippen LogP contribution in [0.15, 0.2) is 22.2 Å². The third-order valence-corrected chi connectivity index (χ3v) is 3.74. The first kappa shape index (κ1) is 13.6. The Hall–Kier alpha value is -2.35. The summed E-state index contributed by atoms with van der Waals surface area (Å²) in [6, 6.07) is 2.54. The Morgan fingerprint density at radius 3 is 2.43 bits per heavy atom. The number of fused-ring (bicyclic) bond motifs is 1. The summed E-state index contributed by atoms with van der Waals surface area (Å²) < 4.78 is 11.5. The van der Waals surface area contributed by atoms with E-state index in [1.54, 1.807) is 12.1 Å². The summed E-state index contributed by atoms with van der Waals surface area (Å²) in [5, 5.41) is 4.02. The lowest BCUT2D eigenvalue weighted by Gasteiger charge is -2.20. The predicted octanol–water partition coefficient (Wildman–Crippen LogP) is 0.970. The molecule has 2 aliphatic heterocycles. The summed E-state index contributed by atoms with van der Waals surface area (Å²) in [5.41, 5.74) is 0.404. The Balaban J connectivity index is 2.01. The van der Waals surface area contributed by atoms with Crippen molar-refractivity contribution in [1.82, 2.24) is 10.6 Å². The molecule has 1 saturated heterocycles. The van der Waals surface area contributed by atoms with Gasteiger partial charge in [0.25, 0.3) is 11.8 Å². The molecule has 3 rings (SSSR count). The highest BCUT2D eigenvalue weighted by atomic mass is 79.9. The average molecular weight is 353 g/mol. The fourth-order valence-corrected chi connectivity index (χ4v) is 2.53. The Morgan fingerprint density at radius 2 is 1.71 bits per heavy atom. The smallest absolute Gasteiger partial charge is 0.328 e. The molecule has 4 amide bonds. The number of hydrogen-bond donors (Lipinski definition) is 2. The van der Waals surface area contributed by atoms with Gasteiger partial charge in [-0.05, 0) is 39.7 Å². The van der Waals surface area contributed by atoms with Crippen molar-refractivity contribution in [3.8, 4) is 11.5 Å². The molecule has 0 unspecified atom stereocenters. The van der Waals surface area contributed by atoms with E-state index >= 15 is 0 Å². The van der Waals surface area contributed by atoms with Crippen LogP contribution in [0.5, 0.6) is 11.5 Å². The monoisotopic (exact) mass is 352 g/mol. The number of nitrogens with one attached hydrogen (secondary N) is 2. The highest BCUT2D eigenvalue weighted by molar-refractivity contribution is 9.10. The standard InChI is InChI=1S/C13H9BrN2O5/c14-9-6(1-2-8-10(9)21-4-3-20-8)5-7-11(17)15-13(19)16-12(7)18/h1-2,5H,3-4H2,(H2,15,16,17,18,19). The van der Waals surface area contributed by atoms with Crippen molar-refractivity contribution in [3.05, 3.63) is 27.7 Å². The van der Waals surface area contributed by atoms with E-state index in [0.717, 1.165) is 0 Å². The highest BCUT2D eigenvalue weighted by Gasteiger charge is 2.28. The van der Waals surface area contributed by atoms with Crippen LogP contribution in [0.3, 0.4) is 0 Å². The van der Waals surface area contributed by atoms with E-state index in [0.29, 0.717) is 34.7 Å². The number of halogens is 1. The van der Waals surface area contributed by atoms with Crippen molar-refractivity contribution < 1.29 is 23.9 Å². The lowest BCUT2D eigenvalue weighted by molar-refractivity contribution is -0.123. The number of ether oxygens (including phenoxy) is 2. The lowest BCUT2D eigenvalue weighted by atomic mass is 10.1. The van der Waals surface area contributed by atoms with Crippen LogP contribution in [0.2, 0.25) is 0 Å². The summed E-state index contributed by atoms with van der Waals surface area (Å²) in [5.74, 6) is -0.387. The predicted molar refractivity (Wildman–Crippen MR) is 74.8 cm³/mol. The molecule has 0 aromatic heterocycles. The summed E-state index contributed by atoms with van der Waals surface area (Å²) in [4.78, 5) is 34.4. The molecule has 1 fully saturated rings. The summed E-state index contributed by atoms with van der Waals surface area (Å²) in [6.45, 7) is 0.883. The van der Waals surface area contributed by atoms with Crippen LogP contribution in [-0.2, 0) is 9.59 Å². The van der Waals surface area contributed by atoms with Gasteiger partial charge in [0.15, 0.2) is 11.5 Å². The van der Waals surface area contributed by atoms with Crippen molar-refractivity contribution in [1.29, 1.82) is 0 Å². The minimum absolute atomic E-state index is 0.160. The van der Waals surface area contributed by atoms with Crippen LogP contribution in [0.25, 0.3) is 6.08 Å². The molecule has 2 heterocycles. The number of barbiturate groups is 1. The topological polar surface area (TPSA) is 93.7 Å². The van der Waals surface area contributed by atoms with Crippen molar-refractivity contribution in [2.75, 3.05) is 13.2 Å². The van der Waals surface area contributed by atoms with E-state index in [1.807, 2.05) is 10.6 Å². The molecule has 0 bridgehead atoms. The van der Waals surface area contributed by atoms with Crippen molar-refractivity contribution in [2.24, 2.45) is 0 Å². The molecule has 7 nitrogen and oxygen atoms in total. The van der Waals surface area contributed by atoms with E-state index in [1.165, 1.54) is 6.08 Å². The second kappa shape index (κ2) is 5.21. The van der Waals surface area contributed by atoms with Gasteiger partial charge >= 0.3 is 6.03 Å². The SMILES string of the molecule is O=C1NC(=O)C(=Cc2ccc3c(c2Br)OCCO3)C(=O)N1. The number of rotatable bonds is 1. The zero-order chi connectivity index (χ0) is 15.0. The van der Waals surface area contributed by atoms with Gasteiger partial charge in [0, 0.05) is 0 Å². The summed E-state index contributed by atoms with van der Waals surface area (Å²) >= 11 is 3.37. The zero-order valence-electron chi connectivity index (χ0n) is 10.6. The van der Waals surface area contributed by atoms with Gasteiger partial charge in [-0.3, -0.25) is 20.2 Å². The molecule has 1 aromatic carbocycles. The largest absolute Gasteiger partial charge is 0.486 e. The van der Waals surface area contributed by atoms with Crippen LogP contribution in [0, 0.1) is 0 Å². The second-order valence-electron chi connectivity index (χ2n) is 4.29. The quantitative estimate of drug-likeness (QED) is 0.580. The van der Waals surface area contributed by atoms with Gasteiger partial charge in [-0.15, -0.1) is 0 Å². The molecule has 0 aliphatic carbocycles. The molecular formula is C13H9BrN2O5. The van der Waals surface area contributed by atoms with E-state index in [2.05, 4.69) is 15.9 Å². The molecule has 1 aromatic rings. The maximum atomic E-state index is 11.7. The molecule has 2 N–H and O–H groups in total. The van der Waals surface area contributed by atoms with E-state index in [4.69, 9.17) is 9.47 Å². The first-order valence-electron chi connectivity index (χ1n) is 6.02. The third kappa shape index (κ3) is 2.49. The molecule has 0 spiro atoms. The number of amides is 4.